The van der Waals surface area contributed by atoms with Gasteiger partial charge >= 0.3 is 0 Å². The molecule has 0 spiro atoms. The molecule has 3 rings (SSSR count). The molecule has 0 radical (unpaired) electrons. The van der Waals surface area contributed by atoms with Crippen molar-refractivity contribution in [3.05, 3.63) is 47.6 Å². The standard InChI is InChI=1S/C15H19N3O2/c1-12-10-18(7-8-19-12)11-15-16-14(17-20-15)9-13-5-3-2-4-6-13/h2-6,12H,7-11H2,1H3/t12-/m1/s1. The van der Waals surface area contributed by atoms with Crippen molar-refractivity contribution in [2.24, 2.45) is 0 Å². The van der Waals surface area contributed by atoms with Gasteiger partial charge in [0, 0.05) is 19.5 Å². The molecule has 0 N–H and O–H groups in total. The molecule has 106 valence electrons. The van der Waals surface area contributed by atoms with Crippen LogP contribution in [0.5, 0.6) is 0 Å². The Morgan fingerprint density at radius 1 is 1.30 bits per heavy atom. The van der Waals surface area contributed by atoms with E-state index in [1.54, 1.807) is 0 Å². The summed E-state index contributed by atoms with van der Waals surface area (Å²) in [6.45, 7) is 5.39. The average Bonchev–Trinajstić information content (AvgIpc) is 2.87. The smallest absolute Gasteiger partial charge is 0.240 e. The van der Waals surface area contributed by atoms with Crippen LogP contribution in [0.15, 0.2) is 34.9 Å². The first-order valence-corrected chi connectivity index (χ1v) is 6.99. The van der Waals surface area contributed by atoms with Crippen molar-refractivity contribution < 1.29 is 9.26 Å². The van der Waals surface area contributed by atoms with E-state index in [1.165, 1.54) is 5.56 Å². The van der Waals surface area contributed by atoms with Crippen LogP contribution in [0.4, 0.5) is 0 Å². The SMILES string of the molecule is C[C@@H]1CN(Cc2nc(Cc3ccccc3)no2)CCO1. The lowest BCUT2D eigenvalue weighted by molar-refractivity contribution is -0.0240. The van der Waals surface area contributed by atoms with Crippen LogP contribution in [0.3, 0.4) is 0 Å². The van der Waals surface area contributed by atoms with Gasteiger partial charge in [-0.1, -0.05) is 35.5 Å². The van der Waals surface area contributed by atoms with Gasteiger partial charge in [0.2, 0.25) is 5.89 Å². The van der Waals surface area contributed by atoms with Crippen LogP contribution in [0.1, 0.15) is 24.2 Å². The van der Waals surface area contributed by atoms with Crippen LogP contribution in [0, 0.1) is 0 Å². The van der Waals surface area contributed by atoms with Gasteiger partial charge in [0.05, 0.1) is 19.3 Å². The molecule has 1 aromatic heterocycles. The van der Waals surface area contributed by atoms with Gasteiger partial charge in [-0.15, -0.1) is 0 Å². The summed E-state index contributed by atoms with van der Waals surface area (Å²) in [5.74, 6) is 1.43. The van der Waals surface area contributed by atoms with Gasteiger partial charge in [-0.05, 0) is 12.5 Å². The molecular weight excluding hydrogens is 254 g/mol. The van der Waals surface area contributed by atoms with Crippen LogP contribution >= 0.6 is 0 Å². The van der Waals surface area contributed by atoms with Gasteiger partial charge in [0.1, 0.15) is 0 Å². The van der Waals surface area contributed by atoms with Gasteiger partial charge in [-0.3, -0.25) is 4.90 Å². The van der Waals surface area contributed by atoms with E-state index < -0.39 is 0 Å². The molecule has 1 aromatic carbocycles. The van der Waals surface area contributed by atoms with Crippen molar-refractivity contribution in [2.45, 2.75) is 26.0 Å². The second-order valence-corrected chi connectivity index (χ2v) is 5.18. The van der Waals surface area contributed by atoms with Crippen molar-refractivity contribution in [3.63, 3.8) is 0 Å². The highest BCUT2D eigenvalue weighted by Gasteiger charge is 2.19. The maximum absolute atomic E-state index is 5.52. The quantitative estimate of drug-likeness (QED) is 0.851. The highest BCUT2D eigenvalue weighted by atomic mass is 16.5. The van der Waals surface area contributed by atoms with Crippen molar-refractivity contribution >= 4 is 0 Å². The summed E-state index contributed by atoms with van der Waals surface area (Å²) < 4.78 is 10.9. The number of morpholine rings is 1. The minimum atomic E-state index is 0.274. The van der Waals surface area contributed by atoms with E-state index in [9.17, 15) is 0 Å². The Balaban J connectivity index is 1.59. The summed E-state index contributed by atoms with van der Waals surface area (Å²) in [7, 11) is 0. The van der Waals surface area contributed by atoms with Crippen molar-refractivity contribution in [2.75, 3.05) is 19.7 Å². The lowest BCUT2D eigenvalue weighted by Gasteiger charge is -2.29. The lowest BCUT2D eigenvalue weighted by Crippen LogP contribution is -2.40. The molecule has 0 aliphatic carbocycles. The highest BCUT2D eigenvalue weighted by molar-refractivity contribution is 5.18. The second-order valence-electron chi connectivity index (χ2n) is 5.18. The summed E-state index contributed by atoms with van der Waals surface area (Å²) in [6.07, 6.45) is 0.986. The predicted octanol–water partition coefficient (Wildman–Crippen LogP) is 1.88. The average molecular weight is 273 g/mol. The first-order chi connectivity index (χ1) is 9.79. The number of rotatable bonds is 4. The third-order valence-electron chi connectivity index (χ3n) is 3.40. The fraction of sp³-hybridized carbons (Fsp3) is 0.467. The van der Waals surface area contributed by atoms with E-state index >= 15 is 0 Å². The second kappa shape index (κ2) is 6.15. The zero-order valence-electron chi connectivity index (χ0n) is 11.7. The Labute approximate surface area is 118 Å². The van der Waals surface area contributed by atoms with Gasteiger partial charge < -0.3 is 9.26 Å². The van der Waals surface area contributed by atoms with E-state index in [0.717, 1.165) is 25.5 Å². The van der Waals surface area contributed by atoms with E-state index in [0.29, 0.717) is 18.9 Å². The lowest BCUT2D eigenvalue weighted by atomic mass is 10.1. The maximum atomic E-state index is 5.52. The molecule has 0 bridgehead atoms. The largest absolute Gasteiger partial charge is 0.376 e. The summed E-state index contributed by atoms with van der Waals surface area (Å²) in [6, 6.07) is 10.2. The van der Waals surface area contributed by atoms with E-state index in [1.807, 2.05) is 18.2 Å². The van der Waals surface area contributed by atoms with Crippen molar-refractivity contribution in [1.82, 2.24) is 15.0 Å². The summed E-state index contributed by atoms with van der Waals surface area (Å²) >= 11 is 0. The third-order valence-corrected chi connectivity index (χ3v) is 3.40. The summed E-state index contributed by atoms with van der Waals surface area (Å²) in [4.78, 5) is 6.75. The van der Waals surface area contributed by atoms with Crippen LogP contribution in [0.25, 0.3) is 0 Å². The molecular formula is C15H19N3O2. The van der Waals surface area contributed by atoms with Crippen LogP contribution in [0.2, 0.25) is 0 Å². The summed E-state index contributed by atoms with van der Waals surface area (Å²) in [5, 5.41) is 4.05. The first kappa shape index (κ1) is 13.3. The normalized spacial score (nSPS) is 20.1. The molecule has 1 saturated heterocycles. The van der Waals surface area contributed by atoms with E-state index in [4.69, 9.17) is 9.26 Å². The Hall–Kier alpha value is -1.72. The first-order valence-electron chi connectivity index (χ1n) is 6.99. The molecule has 0 saturated carbocycles. The highest BCUT2D eigenvalue weighted by Crippen LogP contribution is 2.11. The number of nitrogens with zero attached hydrogens (tertiary/aromatic N) is 3. The molecule has 5 heteroatoms. The van der Waals surface area contributed by atoms with Gasteiger partial charge in [-0.2, -0.15) is 4.98 Å². The minimum Gasteiger partial charge on any atom is -0.376 e. The zero-order chi connectivity index (χ0) is 13.8. The molecule has 2 aromatic rings. The predicted molar refractivity (Wildman–Crippen MR) is 74.2 cm³/mol. The van der Waals surface area contributed by atoms with Gasteiger partial charge in [0.25, 0.3) is 0 Å². The Morgan fingerprint density at radius 2 is 2.15 bits per heavy atom. The number of hydrogen-bond donors (Lipinski definition) is 0. The van der Waals surface area contributed by atoms with Gasteiger partial charge in [0.15, 0.2) is 5.82 Å². The van der Waals surface area contributed by atoms with E-state index in [-0.39, 0.29) is 6.10 Å². The van der Waals surface area contributed by atoms with Crippen LogP contribution < -0.4 is 0 Å². The Morgan fingerprint density at radius 3 is 2.95 bits per heavy atom. The van der Waals surface area contributed by atoms with Crippen molar-refractivity contribution in [1.29, 1.82) is 0 Å². The van der Waals surface area contributed by atoms with Crippen LogP contribution in [-0.4, -0.2) is 40.8 Å². The molecule has 1 atom stereocenters. The Bertz CT molecular complexity index is 541. The topological polar surface area (TPSA) is 51.4 Å². The molecule has 20 heavy (non-hydrogen) atoms. The molecule has 5 nitrogen and oxygen atoms in total. The number of ether oxygens (including phenoxy) is 1. The molecule has 0 amide bonds. The van der Waals surface area contributed by atoms with Crippen LogP contribution in [-0.2, 0) is 17.7 Å². The maximum Gasteiger partial charge on any atom is 0.240 e. The Kier molecular flexibility index (Phi) is 4.08. The number of aromatic nitrogens is 2. The minimum absolute atomic E-state index is 0.274. The van der Waals surface area contributed by atoms with E-state index in [2.05, 4.69) is 34.1 Å². The van der Waals surface area contributed by atoms with Crippen molar-refractivity contribution in [3.8, 4) is 0 Å². The zero-order valence-corrected chi connectivity index (χ0v) is 11.7. The monoisotopic (exact) mass is 273 g/mol. The molecule has 1 aliphatic rings. The molecule has 1 fully saturated rings. The van der Waals surface area contributed by atoms with Gasteiger partial charge in [-0.25, -0.2) is 0 Å². The fourth-order valence-electron chi connectivity index (χ4n) is 2.43. The molecule has 2 heterocycles. The molecule has 1 aliphatic heterocycles. The number of benzene rings is 1. The molecule has 0 unspecified atom stereocenters. The fourth-order valence-corrected chi connectivity index (χ4v) is 2.43. The third kappa shape index (κ3) is 3.43. The number of hydrogen-bond acceptors (Lipinski definition) is 5. The summed E-state index contributed by atoms with van der Waals surface area (Å²) in [5.41, 5.74) is 1.19.